The van der Waals surface area contributed by atoms with Gasteiger partial charge >= 0.3 is 5.97 Å². The average molecular weight is 228 g/mol. The highest BCUT2D eigenvalue weighted by Crippen LogP contribution is 2.17. The summed E-state index contributed by atoms with van der Waals surface area (Å²) >= 11 is 0. The molecule has 1 unspecified atom stereocenters. The number of amides is 1. The Bertz CT molecular complexity index is 289. The van der Waals surface area contributed by atoms with Crippen LogP contribution in [0, 0.1) is 0 Å². The first kappa shape index (κ1) is 13.0. The first-order chi connectivity index (χ1) is 7.37. The Kier molecular flexibility index (Phi) is 3.91. The van der Waals surface area contributed by atoms with Gasteiger partial charge in [-0.3, -0.25) is 14.5 Å². The van der Waals surface area contributed by atoms with E-state index in [0.29, 0.717) is 19.5 Å². The van der Waals surface area contributed by atoms with Gasteiger partial charge in [-0.2, -0.15) is 0 Å². The standard InChI is InChI=1S/C11H20N2O3/c1-4-13(11(2,3)10(15)16)7-8-5-6-9(14)12-8/h8H,4-7H2,1-3H3,(H,12,14)(H,15,16). The van der Waals surface area contributed by atoms with E-state index in [1.807, 2.05) is 11.8 Å². The predicted molar refractivity (Wildman–Crippen MR) is 60.1 cm³/mol. The number of carboxylic acids is 1. The van der Waals surface area contributed by atoms with Crippen molar-refractivity contribution in [3.05, 3.63) is 0 Å². The van der Waals surface area contributed by atoms with Gasteiger partial charge < -0.3 is 10.4 Å². The number of rotatable bonds is 5. The molecule has 1 fully saturated rings. The molecule has 1 atom stereocenters. The third-order valence-electron chi connectivity index (χ3n) is 3.22. The second-order valence-corrected chi connectivity index (χ2v) is 4.71. The molecule has 1 aliphatic rings. The number of nitrogens with one attached hydrogen (secondary N) is 1. The Hall–Kier alpha value is -1.10. The van der Waals surface area contributed by atoms with E-state index in [1.54, 1.807) is 13.8 Å². The fraction of sp³-hybridized carbons (Fsp3) is 0.818. The fourth-order valence-electron chi connectivity index (χ4n) is 1.97. The quantitative estimate of drug-likeness (QED) is 0.717. The van der Waals surface area contributed by atoms with Crippen molar-refractivity contribution in [2.75, 3.05) is 13.1 Å². The highest BCUT2D eigenvalue weighted by Gasteiger charge is 2.35. The molecule has 0 spiro atoms. The summed E-state index contributed by atoms with van der Waals surface area (Å²) in [4.78, 5) is 24.1. The monoisotopic (exact) mass is 228 g/mol. The number of likely N-dealkylation sites (N-methyl/N-ethyl adjacent to an activating group) is 1. The summed E-state index contributed by atoms with van der Waals surface area (Å²) in [6.07, 6.45) is 1.35. The van der Waals surface area contributed by atoms with Gasteiger partial charge in [0.2, 0.25) is 5.91 Å². The first-order valence-electron chi connectivity index (χ1n) is 5.65. The van der Waals surface area contributed by atoms with Crippen LogP contribution < -0.4 is 5.32 Å². The molecule has 1 heterocycles. The van der Waals surface area contributed by atoms with E-state index in [0.717, 1.165) is 6.42 Å². The van der Waals surface area contributed by atoms with Gasteiger partial charge in [-0.15, -0.1) is 0 Å². The van der Waals surface area contributed by atoms with Crippen molar-refractivity contribution in [3.8, 4) is 0 Å². The van der Waals surface area contributed by atoms with Crippen LogP contribution in [0.4, 0.5) is 0 Å². The lowest BCUT2D eigenvalue weighted by atomic mass is 10.0. The third kappa shape index (κ3) is 2.72. The van der Waals surface area contributed by atoms with Gasteiger partial charge in [0.05, 0.1) is 0 Å². The molecule has 1 rings (SSSR count). The topological polar surface area (TPSA) is 69.6 Å². The fourth-order valence-corrected chi connectivity index (χ4v) is 1.97. The van der Waals surface area contributed by atoms with Crippen LogP contribution >= 0.6 is 0 Å². The summed E-state index contributed by atoms with van der Waals surface area (Å²) < 4.78 is 0. The Labute approximate surface area is 95.8 Å². The summed E-state index contributed by atoms with van der Waals surface area (Å²) in [6, 6.07) is 0.0890. The van der Waals surface area contributed by atoms with Gasteiger partial charge in [-0.25, -0.2) is 0 Å². The molecule has 16 heavy (non-hydrogen) atoms. The van der Waals surface area contributed by atoms with Crippen LogP contribution in [0.1, 0.15) is 33.6 Å². The summed E-state index contributed by atoms with van der Waals surface area (Å²) in [7, 11) is 0. The maximum absolute atomic E-state index is 11.1. The zero-order chi connectivity index (χ0) is 12.3. The molecule has 0 aromatic heterocycles. The van der Waals surface area contributed by atoms with Crippen LogP contribution in [0.5, 0.6) is 0 Å². The number of hydrogen-bond donors (Lipinski definition) is 2. The minimum Gasteiger partial charge on any atom is -0.480 e. The lowest BCUT2D eigenvalue weighted by Gasteiger charge is -2.35. The first-order valence-corrected chi connectivity index (χ1v) is 5.65. The van der Waals surface area contributed by atoms with E-state index >= 15 is 0 Å². The highest BCUT2D eigenvalue weighted by molar-refractivity contribution is 5.79. The number of carboxylic acid groups (broad SMARTS) is 1. The van der Waals surface area contributed by atoms with Crippen molar-refractivity contribution >= 4 is 11.9 Å². The third-order valence-corrected chi connectivity index (χ3v) is 3.22. The van der Waals surface area contributed by atoms with Crippen LogP contribution in [0.3, 0.4) is 0 Å². The summed E-state index contributed by atoms with van der Waals surface area (Å²) in [5.74, 6) is -0.771. The van der Waals surface area contributed by atoms with Crippen molar-refractivity contribution in [1.29, 1.82) is 0 Å². The van der Waals surface area contributed by atoms with Crippen molar-refractivity contribution in [2.24, 2.45) is 0 Å². The zero-order valence-electron chi connectivity index (χ0n) is 10.1. The van der Waals surface area contributed by atoms with Gasteiger partial charge in [0.25, 0.3) is 0 Å². The van der Waals surface area contributed by atoms with Crippen molar-refractivity contribution < 1.29 is 14.7 Å². The van der Waals surface area contributed by atoms with Crippen molar-refractivity contribution in [2.45, 2.75) is 45.2 Å². The van der Waals surface area contributed by atoms with E-state index in [1.165, 1.54) is 0 Å². The summed E-state index contributed by atoms with van der Waals surface area (Å²) in [5, 5.41) is 12.0. The molecule has 1 aliphatic heterocycles. The van der Waals surface area contributed by atoms with E-state index in [2.05, 4.69) is 5.32 Å². The molecule has 5 heteroatoms. The number of nitrogens with zero attached hydrogens (tertiary/aromatic N) is 1. The zero-order valence-corrected chi connectivity index (χ0v) is 10.1. The van der Waals surface area contributed by atoms with Crippen molar-refractivity contribution in [1.82, 2.24) is 10.2 Å². The Morgan fingerprint density at radius 3 is 2.62 bits per heavy atom. The van der Waals surface area contributed by atoms with Crippen LogP contribution in [-0.4, -0.2) is 46.6 Å². The lowest BCUT2D eigenvalue weighted by molar-refractivity contribution is -0.149. The van der Waals surface area contributed by atoms with Crippen LogP contribution in [0.25, 0.3) is 0 Å². The largest absolute Gasteiger partial charge is 0.480 e. The lowest BCUT2D eigenvalue weighted by Crippen LogP contribution is -2.53. The van der Waals surface area contributed by atoms with Crippen LogP contribution in [-0.2, 0) is 9.59 Å². The van der Waals surface area contributed by atoms with Gasteiger partial charge in [-0.1, -0.05) is 6.92 Å². The predicted octanol–water partition coefficient (Wildman–Crippen LogP) is 0.450. The number of carbonyl (C=O) groups is 2. The van der Waals surface area contributed by atoms with Gasteiger partial charge in [0, 0.05) is 19.0 Å². The maximum Gasteiger partial charge on any atom is 0.323 e. The number of aliphatic carboxylic acids is 1. The second kappa shape index (κ2) is 4.82. The van der Waals surface area contributed by atoms with E-state index in [-0.39, 0.29) is 11.9 Å². The van der Waals surface area contributed by atoms with E-state index in [4.69, 9.17) is 5.11 Å². The van der Waals surface area contributed by atoms with E-state index < -0.39 is 11.5 Å². The molecule has 0 aromatic carbocycles. The number of hydrogen-bond acceptors (Lipinski definition) is 3. The molecular formula is C11H20N2O3. The molecule has 0 aliphatic carbocycles. The Balaban J connectivity index is 2.61. The van der Waals surface area contributed by atoms with Gasteiger partial charge in [0.1, 0.15) is 5.54 Å². The molecule has 1 saturated heterocycles. The molecule has 2 N–H and O–H groups in total. The smallest absolute Gasteiger partial charge is 0.323 e. The second-order valence-electron chi connectivity index (χ2n) is 4.71. The highest BCUT2D eigenvalue weighted by atomic mass is 16.4. The average Bonchev–Trinajstić information content (AvgIpc) is 2.60. The van der Waals surface area contributed by atoms with Gasteiger partial charge in [0.15, 0.2) is 0 Å². The Morgan fingerprint density at radius 2 is 2.25 bits per heavy atom. The molecule has 5 nitrogen and oxygen atoms in total. The van der Waals surface area contributed by atoms with Crippen LogP contribution in [0.15, 0.2) is 0 Å². The maximum atomic E-state index is 11.1. The molecule has 0 bridgehead atoms. The SMILES string of the molecule is CCN(CC1CCC(=O)N1)C(C)(C)C(=O)O. The molecule has 0 aromatic rings. The molecular weight excluding hydrogens is 208 g/mol. The summed E-state index contributed by atoms with van der Waals surface area (Å²) in [5.41, 5.74) is -0.887. The molecule has 0 saturated carbocycles. The van der Waals surface area contributed by atoms with Crippen molar-refractivity contribution in [3.63, 3.8) is 0 Å². The molecule has 1 amide bonds. The van der Waals surface area contributed by atoms with Gasteiger partial charge in [-0.05, 0) is 26.8 Å². The Morgan fingerprint density at radius 1 is 1.62 bits per heavy atom. The normalized spacial score (nSPS) is 21.2. The minimum atomic E-state index is -0.887. The van der Waals surface area contributed by atoms with E-state index in [9.17, 15) is 9.59 Å². The van der Waals surface area contributed by atoms with Crippen LogP contribution in [0.2, 0.25) is 0 Å². The number of carbonyl (C=O) groups excluding carboxylic acids is 1. The molecule has 0 radical (unpaired) electrons. The minimum absolute atomic E-state index is 0.0641. The molecule has 92 valence electrons. The summed E-state index contributed by atoms with van der Waals surface area (Å²) in [6.45, 7) is 6.57.